The Labute approximate surface area is 333 Å². The van der Waals surface area contributed by atoms with Crippen LogP contribution in [-0.4, -0.2) is 37.5 Å². The first kappa shape index (κ1) is 34.9. The Morgan fingerprint density at radius 2 is 0.554 bits per heavy atom. The van der Waals surface area contributed by atoms with Crippen molar-refractivity contribution < 1.29 is 0 Å². The van der Waals surface area contributed by atoms with E-state index in [4.69, 9.17) is 0 Å². The highest BCUT2D eigenvalue weighted by Crippen LogP contribution is 2.48. The minimum absolute atomic E-state index is 0.780. The third-order valence-corrected chi connectivity index (χ3v) is 15.1. The summed E-state index contributed by atoms with van der Waals surface area (Å²) in [7, 11) is -1.56. The van der Waals surface area contributed by atoms with E-state index >= 15 is 0 Å². The third kappa shape index (κ3) is 5.86. The van der Waals surface area contributed by atoms with Crippen molar-refractivity contribution in [3.63, 3.8) is 0 Å². The van der Waals surface area contributed by atoms with E-state index in [9.17, 15) is 0 Å². The highest BCUT2D eigenvalue weighted by molar-refractivity contribution is 8.32. The molecule has 0 nitrogen and oxygen atoms in total. The molecule has 2 heteroatoms. The van der Waals surface area contributed by atoms with Crippen molar-refractivity contribution in [2.75, 3.05) is 37.5 Å². The fourth-order valence-electron chi connectivity index (χ4n) is 8.79. The van der Waals surface area contributed by atoms with E-state index in [1.54, 1.807) is 0 Å². The van der Waals surface area contributed by atoms with Gasteiger partial charge >= 0.3 is 0 Å². The lowest BCUT2D eigenvalue weighted by atomic mass is 9.88. The van der Waals surface area contributed by atoms with E-state index in [1.165, 1.54) is 108 Å². The van der Waals surface area contributed by atoms with Crippen molar-refractivity contribution >= 4 is 84.7 Å². The van der Waals surface area contributed by atoms with Crippen LogP contribution in [-0.2, 0) is 0 Å². The predicted octanol–water partition coefficient (Wildman–Crippen LogP) is 15.7. The quantitative estimate of drug-likeness (QED) is 0.153. The second-order valence-corrected chi connectivity index (χ2v) is 25.1. The molecule has 0 unspecified atom stereocenters. The summed E-state index contributed by atoms with van der Waals surface area (Å²) in [5.74, 6) is 0. The molecule has 274 valence electrons. The number of hydrogen-bond donors (Lipinski definition) is 0. The van der Waals surface area contributed by atoms with Gasteiger partial charge in [-0.25, -0.2) is 20.1 Å². The van der Waals surface area contributed by atoms with Crippen molar-refractivity contribution in [1.82, 2.24) is 0 Å². The van der Waals surface area contributed by atoms with Gasteiger partial charge in [0.2, 0.25) is 0 Å². The van der Waals surface area contributed by atoms with Gasteiger partial charge in [-0.2, -0.15) is 0 Å². The van der Waals surface area contributed by atoms with Crippen LogP contribution in [0.1, 0.15) is 0 Å². The van der Waals surface area contributed by atoms with Gasteiger partial charge in [0.1, 0.15) is 0 Å². The van der Waals surface area contributed by atoms with Crippen LogP contribution < -0.4 is 0 Å². The normalized spacial score (nSPS) is 13.0. The molecule has 0 N–H and O–H groups in total. The monoisotopic (exact) mass is 758 g/mol. The van der Waals surface area contributed by atoms with Crippen molar-refractivity contribution in [2.45, 2.75) is 9.79 Å². The highest BCUT2D eigenvalue weighted by atomic mass is 32.3. The van der Waals surface area contributed by atoms with Gasteiger partial charge < -0.3 is 0 Å². The Kier molecular flexibility index (Phi) is 8.12. The molecule has 0 aliphatic carbocycles. The van der Waals surface area contributed by atoms with E-state index in [2.05, 4.69) is 207 Å². The van der Waals surface area contributed by atoms with Crippen LogP contribution in [0.25, 0.3) is 98.0 Å². The lowest BCUT2D eigenvalue weighted by Gasteiger charge is -2.26. The average Bonchev–Trinajstić information content (AvgIpc) is 3.21. The highest BCUT2D eigenvalue weighted by Gasteiger charge is 2.16. The van der Waals surface area contributed by atoms with Crippen LogP contribution in [0, 0.1) is 0 Å². The molecule has 0 heterocycles. The fraction of sp³-hybridized carbons (Fsp3) is 0.111. The van der Waals surface area contributed by atoms with Crippen molar-refractivity contribution in [3.05, 3.63) is 170 Å². The SMILES string of the molecule is CS(C)(C)c1ccc2c(ccc3cc(-c4cccc5c(-c6cccc7c(-c8ccc9c(ccc%10cc(S(C)(C)C)ccc%109)c8)cccc67)cccc45)ccc32)c1. The molecule has 0 bridgehead atoms. The molecule has 0 radical (unpaired) electrons. The van der Waals surface area contributed by atoms with E-state index < -0.39 is 20.1 Å². The van der Waals surface area contributed by atoms with Crippen LogP contribution in [0.5, 0.6) is 0 Å². The molecule has 0 atom stereocenters. The van der Waals surface area contributed by atoms with E-state index in [-0.39, 0.29) is 0 Å². The maximum atomic E-state index is 2.40. The second kappa shape index (κ2) is 13.0. The summed E-state index contributed by atoms with van der Waals surface area (Å²) in [6.45, 7) is 0. The lowest BCUT2D eigenvalue weighted by Crippen LogP contribution is -1.92. The summed E-state index contributed by atoms with van der Waals surface area (Å²) in [6, 6.07) is 64.5. The molecule has 0 amide bonds. The van der Waals surface area contributed by atoms with E-state index in [0.29, 0.717) is 0 Å². The summed E-state index contributed by atoms with van der Waals surface area (Å²) < 4.78 is 0. The fourth-order valence-corrected chi connectivity index (χ4v) is 10.7. The molecule has 0 saturated heterocycles. The summed E-state index contributed by atoms with van der Waals surface area (Å²) >= 11 is 0. The largest absolute Gasteiger partial charge is 0.223 e. The Balaban J connectivity index is 1.06. The first-order chi connectivity index (χ1) is 27.0. The molecular formula is C54H46S2. The van der Waals surface area contributed by atoms with Crippen molar-refractivity contribution in [3.8, 4) is 33.4 Å². The Hall–Kier alpha value is -5.54. The van der Waals surface area contributed by atoms with Gasteiger partial charge in [-0.15, -0.1) is 0 Å². The minimum atomic E-state index is -0.780. The molecule has 56 heavy (non-hydrogen) atoms. The van der Waals surface area contributed by atoms with Gasteiger partial charge in [0.05, 0.1) is 0 Å². The summed E-state index contributed by atoms with van der Waals surface area (Å²) in [6.07, 6.45) is 14.2. The molecular weight excluding hydrogens is 713 g/mol. The average molecular weight is 759 g/mol. The Bertz CT molecular complexity index is 2990. The van der Waals surface area contributed by atoms with Crippen LogP contribution in [0.3, 0.4) is 0 Å². The minimum Gasteiger partial charge on any atom is -0.223 e. The zero-order valence-corrected chi connectivity index (χ0v) is 34.6. The van der Waals surface area contributed by atoms with E-state index in [1.807, 2.05) is 0 Å². The maximum Gasteiger partial charge on any atom is -0.00990 e. The lowest BCUT2D eigenvalue weighted by molar-refractivity contribution is 1.48. The molecule has 0 spiro atoms. The standard InChI is InChI=1S/C54H46S2/c1-55(2,3)41-25-29-47-39(33-41)21-19-35-31-37(23-27-45(35)47)43-11-7-15-51-49(43)13-9-17-53(51)54-18-10-14-50-44(12-8-16-52(50)54)38-24-28-46-36(32-38)20-22-40-34-42(56(4,5)6)26-30-48(40)46/h7-34H,1-6H3. The second-order valence-electron chi connectivity index (χ2n) is 16.9. The third-order valence-electron chi connectivity index (χ3n) is 11.8. The van der Waals surface area contributed by atoms with Crippen molar-refractivity contribution in [1.29, 1.82) is 0 Å². The molecule has 0 saturated carbocycles. The van der Waals surface area contributed by atoms with Gasteiger partial charge in [-0.1, -0.05) is 133 Å². The Morgan fingerprint density at radius 1 is 0.250 bits per heavy atom. The van der Waals surface area contributed by atoms with Crippen LogP contribution in [0.15, 0.2) is 180 Å². The topological polar surface area (TPSA) is 0 Å². The molecule has 10 aromatic carbocycles. The van der Waals surface area contributed by atoms with Gasteiger partial charge in [0.15, 0.2) is 0 Å². The zero-order valence-electron chi connectivity index (χ0n) is 33.0. The number of hydrogen-bond acceptors (Lipinski definition) is 0. The molecule has 0 aromatic heterocycles. The van der Waals surface area contributed by atoms with Crippen molar-refractivity contribution in [2.24, 2.45) is 0 Å². The first-order valence-corrected chi connectivity index (χ1v) is 25.1. The van der Waals surface area contributed by atoms with Crippen LogP contribution in [0.2, 0.25) is 0 Å². The predicted molar refractivity (Wildman–Crippen MR) is 255 cm³/mol. The molecule has 0 aliphatic heterocycles. The van der Waals surface area contributed by atoms with Gasteiger partial charge in [-0.05, 0) is 182 Å². The van der Waals surface area contributed by atoms with Gasteiger partial charge in [0, 0.05) is 0 Å². The molecule has 0 fully saturated rings. The van der Waals surface area contributed by atoms with Crippen LogP contribution >= 0.6 is 20.1 Å². The van der Waals surface area contributed by atoms with Gasteiger partial charge in [0.25, 0.3) is 0 Å². The molecule has 10 aromatic rings. The van der Waals surface area contributed by atoms with E-state index in [0.717, 1.165) is 0 Å². The number of benzene rings is 10. The maximum absolute atomic E-state index is 2.40. The molecule has 0 aliphatic rings. The molecule has 10 rings (SSSR count). The number of rotatable bonds is 5. The summed E-state index contributed by atoms with van der Waals surface area (Å²) in [5, 5.41) is 15.5. The van der Waals surface area contributed by atoms with Crippen LogP contribution in [0.4, 0.5) is 0 Å². The summed E-state index contributed by atoms with van der Waals surface area (Å²) in [4.78, 5) is 2.90. The zero-order chi connectivity index (χ0) is 38.3. The number of fused-ring (bicyclic) bond motifs is 8. The smallest absolute Gasteiger partial charge is 0.00990 e. The summed E-state index contributed by atoms with van der Waals surface area (Å²) in [5.41, 5.74) is 7.54. The van der Waals surface area contributed by atoms with Gasteiger partial charge in [-0.3, -0.25) is 0 Å². The Morgan fingerprint density at radius 3 is 0.911 bits per heavy atom. The first-order valence-electron chi connectivity index (χ1n) is 19.4.